The van der Waals surface area contributed by atoms with Gasteiger partial charge in [0, 0.05) is 56.1 Å². The van der Waals surface area contributed by atoms with Crippen molar-refractivity contribution in [3.05, 3.63) is 48.3 Å². The van der Waals surface area contributed by atoms with Crippen LogP contribution in [0.3, 0.4) is 0 Å². The Bertz CT molecular complexity index is 1110. The van der Waals surface area contributed by atoms with Crippen molar-refractivity contribution in [2.45, 2.75) is 0 Å². The van der Waals surface area contributed by atoms with Gasteiger partial charge >= 0.3 is 0 Å². The van der Waals surface area contributed by atoms with Crippen LogP contribution in [-0.4, -0.2) is 66.2 Å². The summed E-state index contributed by atoms with van der Waals surface area (Å²) in [6, 6.07) is 7.28. The van der Waals surface area contributed by atoms with E-state index in [4.69, 9.17) is 15.2 Å². The standard InChI is InChI=1S/C22H24N6O3/c1-30-18-13-16-17(14-19(18)31-2)25-22(26-21(16)23)28-11-9-27(10-12-28)20(29)4-3-15-5-7-24-8-6-15/h3-8,13-14H,9-12H2,1-2H3,(H2,23,25,26)/b4-3+. The van der Waals surface area contributed by atoms with Crippen LogP contribution in [0, 0.1) is 0 Å². The summed E-state index contributed by atoms with van der Waals surface area (Å²) in [6.45, 7) is 2.39. The highest BCUT2D eigenvalue weighted by Gasteiger charge is 2.22. The lowest BCUT2D eigenvalue weighted by molar-refractivity contribution is -0.126. The number of amides is 1. The molecule has 1 aliphatic rings. The number of carbonyl (C=O) groups excluding carboxylic acids is 1. The minimum atomic E-state index is -0.0211. The molecule has 0 atom stereocenters. The summed E-state index contributed by atoms with van der Waals surface area (Å²) >= 11 is 0. The average molecular weight is 420 g/mol. The zero-order chi connectivity index (χ0) is 21.8. The highest BCUT2D eigenvalue weighted by molar-refractivity contribution is 5.92. The minimum Gasteiger partial charge on any atom is -0.493 e. The predicted octanol–water partition coefficient (Wildman–Crippen LogP) is 1.99. The summed E-state index contributed by atoms with van der Waals surface area (Å²) < 4.78 is 10.7. The number of fused-ring (bicyclic) bond motifs is 1. The first kappa shape index (κ1) is 20.4. The molecule has 1 amide bonds. The number of hydrogen-bond acceptors (Lipinski definition) is 8. The molecule has 0 bridgehead atoms. The van der Waals surface area contributed by atoms with Crippen molar-refractivity contribution in [3.63, 3.8) is 0 Å². The summed E-state index contributed by atoms with van der Waals surface area (Å²) in [5.41, 5.74) is 7.82. The van der Waals surface area contributed by atoms with Crippen molar-refractivity contribution >= 4 is 34.7 Å². The zero-order valence-corrected chi connectivity index (χ0v) is 17.5. The van der Waals surface area contributed by atoms with Gasteiger partial charge in [-0.2, -0.15) is 4.98 Å². The van der Waals surface area contributed by atoms with E-state index in [1.54, 1.807) is 50.9 Å². The van der Waals surface area contributed by atoms with E-state index in [1.165, 1.54) is 0 Å². The third-order valence-electron chi connectivity index (χ3n) is 5.22. The number of pyridine rings is 1. The molecule has 4 rings (SSSR count). The monoisotopic (exact) mass is 420 g/mol. The summed E-state index contributed by atoms with van der Waals surface area (Å²) in [7, 11) is 3.15. The lowest BCUT2D eigenvalue weighted by Crippen LogP contribution is -2.48. The Morgan fingerprint density at radius 1 is 1.03 bits per heavy atom. The lowest BCUT2D eigenvalue weighted by Gasteiger charge is -2.34. The molecular formula is C22H24N6O3. The molecule has 9 heteroatoms. The summed E-state index contributed by atoms with van der Waals surface area (Å²) in [6.07, 6.45) is 6.79. The van der Waals surface area contributed by atoms with Crippen LogP contribution >= 0.6 is 0 Å². The van der Waals surface area contributed by atoms with E-state index in [0.29, 0.717) is 60.3 Å². The first-order chi connectivity index (χ1) is 15.1. The quantitative estimate of drug-likeness (QED) is 0.625. The average Bonchev–Trinajstić information content (AvgIpc) is 2.82. The molecule has 3 heterocycles. The van der Waals surface area contributed by atoms with Gasteiger partial charge in [0.05, 0.1) is 19.7 Å². The Kier molecular flexibility index (Phi) is 5.83. The molecule has 3 aromatic rings. The second-order valence-corrected chi connectivity index (χ2v) is 7.06. The van der Waals surface area contributed by atoms with E-state index < -0.39 is 0 Å². The molecular weight excluding hydrogens is 396 g/mol. The number of anilines is 2. The fourth-order valence-corrected chi connectivity index (χ4v) is 3.48. The Balaban J connectivity index is 1.47. The van der Waals surface area contributed by atoms with Crippen molar-refractivity contribution in [1.29, 1.82) is 0 Å². The van der Waals surface area contributed by atoms with Gasteiger partial charge in [-0.3, -0.25) is 9.78 Å². The predicted molar refractivity (Wildman–Crippen MR) is 119 cm³/mol. The van der Waals surface area contributed by atoms with Gasteiger partial charge in [0.15, 0.2) is 11.5 Å². The first-order valence-electron chi connectivity index (χ1n) is 9.90. The van der Waals surface area contributed by atoms with E-state index in [0.717, 1.165) is 5.56 Å². The van der Waals surface area contributed by atoms with Crippen LogP contribution in [0.25, 0.3) is 17.0 Å². The number of carbonyl (C=O) groups is 1. The Hall–Kier alpha value is -3.88. The molecule has 0 saturated carbocycles. The van der Waals surface area contributed by atoms with Gasteiger partial charge in [-0.25, -0.2) is 4.98 Å². The van der Waals surface area contributed by atoms with Gasteiger partial charge in [0.25, 0.3) is 0 Å². The fraction of sp³-hybridized carbons (Fsp3) is 0.273. The lowest BCUT2D eigenvalue weighted by atomic mass is 10.2. The molecule has 0 spiro atoms. The highest BCUT2D eigenvalue weighted by atomic mass is 16.5. The highest BCUT2D eigenvalue weighted by Crippen LogP contribution is 2.34. The van der Waals surface area contributed by atoms with Crippen molar-refractivity contribution in [1.82, 2.24) is 19.9 Å². The summed E-state index contributed by atoms with van der Waals surface area (Å²) in [5, 5.41) is 0.705. The topological polar surface area (TPSA) is 107 Å². The fourth-order valence-electron chi connectivity index (χ4n) is 3.48. The number of nitrogens with zero attached hydrogens (tertiary/aromatic N) is 5. The van der Waals surface area contributed by atoms with Crippen LogP contribution in [0.4, 0.5) is 11.8 Å². The maximum Gasteiger partial charge on any atom is 0.246 e. The van der Waals surface area contributed by atoms with E-state index >= 15 is 0 Å². The van der Waals surface area contributed by atoms with Crippen LogP contribution in [0.1, 0.15) is 5.56 Å². The van der Waals surface area contributed by atoms with Crippen LogP contribution in [0.15, 0.2) is 42.7 Å². The zero-order valence-electron chi connectivity index (χ0n) is 17.5. The van der Waals surface area contributed by atoms with Crippen LogP contribution in [-0.2, 0) is 4.79 Å². The maximum absolute atomic E-state index is 12.5. The number of hydrogen-bond donors (Lipinski definition) is 1. The number of benzene rings is 1. The van der Waals surface area contributed by atoms with E-state index in [-0.39, 0.29) is 5.91 Å². The molecule has 1 fully saturated rings. The molecule has 0 radical (unpaired) electrons. The van der Waals surface area contributed by atoms with Gasteiger partial charge in [-0.05, 0) is 29.8 Å². The summed E-state index contributed by atoms with van der Waals surface area (Å²) in [4.78, 5) is 29.5. The smallest absolute Gasteiger partial charge is 0.246 e. The Labute approximate surface area is 180 Å². The number of nitrogens with two attached hydrogens (primary N) is 1. The van der Waals surface area contributed by atoms with E-state index in [9.17, 15) is 4.79 Å². The van der Waals surface area contributed by atoms with Gasteiger partial charge in [-0.15, -0.1) is 0 Å². The van der Waals surface area contributed by atoms with Gasteiger partial charge in [0.2, 0.25) is 11.9 Å². The molecule has 31 heavy (non-hydrogen) atoms. The SMILES string of the molecule is COc1cc2nc(N3CCN(C(=O)/C=C/c4ccncc4)CC3)nc(N)c2cc1OC. The number of ether oxygens (including phenoxy) is 2. The number of nitrogen functional groups attached to an aromatic ring is 1. The molecule has 2 aromatic heterocycles. The largest absolute Gasteiger partial charge is 0.493 e. The molecule has 1 aromatic carbocycles. The second kappa shape index (κ2) is 8.86. The molecule has 1 aliphatic heterocycles. The number of rotatable bonds is 5. The van der Waals surface area contributed by atoms with Crippen LogP contribution in [0.2, 0.25) is 0 Å². The number of piperazine rings is 1. The third-order valence-corrected chi connectivity index (χ3v) is 5.22. The Morgan fingerprint density at radius 2 is 1.71 bits per heavy atom. The van der Waals surface area contributed by atoms with Crippen LogP contribution in [0.5, 0.6) is 11.5 Å². The minimum absolute atomic E-state index is 0.0211. The normalized spacial score (nSPS) is 14.3. The molecule has 9 nitrogen and oxygen atoms in total. The second-order valence-electron chi connectivity index (χ2n) is 7.06. The number of methoxy groups -OCH3 is 2. The van der Waals surface area contributed by atoms with Crippen molar-refractivity contribution in [3.8, 4) is 11.5 Å². The first-order valence-corrected chi connectivity index (χ1v) is 9.90. The van der Waals surface area contributed by atoms with Crippen molar-refractivity contribution in [2.75, 3.05) is 51.0 Å². The molecule has 160 valence electrons. The maximum atomic E-state index is 12.5. The van der Waals surface area contributed by atoms with Crippen LogP contribution < -0.4 is 20.1 Å². The molecule has 1 saturated heterocycles. The van der Waals surface area contributed by atoms with Crippen molar-refractivity contribution in [2.24, 2.45) is 0 Å². The van der Waals surface area contributed by atoms with E-state index in [1.807, 2.05) is 21.9 Å². The van der Waals surface area contributed by atoms with Gasteiger partial charge < -0.3 is 25.0 Å². The van der Waals surface area contributed by atoms with Crippen molar-refractivity contribution < 1.29 is 14.3 Å². The molecule has 0 unspecified atom stereocenters. The summed E-state index contributed by atoms with van der Waals surface area (Å²) in [5.74, 6) is 2.05. The number of aromatic nitrogens is 3. The Morgan fingerprint density at radius 3 is 2.39 bits per heavy atom. The molecule has 0 aliphatic carbocycles. The third kappa shape index (κ3) is 4.35. The van der Waals surface area contributed by atoms with E-state index in [2.05, 4.69) is 15.0 Å². The van der Waals surface area contributed by atoms with Gasteiger partial charge in [-0.1, -0.05) is 0 Å². The van der Waals surface area contributed by atoms with Gasteiger partial charge in [0.1, 0.15) is 5.82 Å². The molecule has 2 N–H and O–H groups in total.